The van der Waals surface area contributed by atoms with Crippen molar-refractivity contribution in [3.8, 4) is 0 Å². The average molecular weight is 260 g/mol. The Kier molecular flexibility index (Phi) is 3.47. The van der Waals surface area contributed by atoms with Gasteiger partial charge in [-0.25, -0.2) is 4.98 Å². The number of anilines is 1. The molecule has 1 aliphatic rings. The fraction of sp³-hybridized carbons (Fsp3) is 0.583. The van der Waals surface area contributed by atoms with E-state index in [1.54, 1.807) is 24.0 Å². The van der Waals surface area contributed by atoms with E-state index in [9.17, 15) is 18.3 Å². The molecule has 0 aromatic carbocycles. The molecule has 100 valence electrons. The van der Waals surface area contributed by atoms with Crippen LogP contribution in [-0.2, 0) is 0 Å². The van der Waals surface area contributed by atoms with Gasteiger partial charge < -0.3 is 10.0 Å². The van der Waals surface area contributed by atoms with Crippen molar-refractivity contribution in [3.63, 3.8) is 0 Å². The molecule has 1 N–H and O–H groups in total. The highest BCUT2D eigenvalue weighted by molar-refractivity contribution is 5.41. The third-order valence-electron chi connectivity index (χ3n) is 3.23. The minimum atomic E-state index is -4.13. The molecule has 3 nitrogen and oxygen atoms in total. The summed E-state index contributed by atoms with van der Waals surface area (Å²) in [6.07, 6.45) is -3.13. The van der Waals surface area contributed by atoms with Crippen LogP contribution in [0.15, 0.2) is 18.3 Å². The Bertz CT molecular complexity index is 403. The predicted molar refractivity (Wildman–Crippen MR) is 61.2 cm³/mol. The fourth-order valence-electron chi connectivity index (χ4n) is 2.07. The van der Waals surface area contributed by atoms with E-state index in [0.29, 0.717) is 17.9 Å². The Hall–Kier alpha value is -1.30. The summed E-state index contributed by atoms with van der Waals surface area (Å²) in [4.78, 5) is 5.73. The fourth-order valence-corrected chi connectivity index (χ4v) is 2.07. The number of halogens is 3. The van der Waals surface area contributed by atoms with Crippen LogP contribution in [0.1, 0.15) is 25.0 Å². The normalized spacial score (nSPS) is 22.3. The second-order valence-corrected chi connectivity index (χ2v) is 4.60. The number of aliphatic hydroxyl groups is 1. The highest BCUT2D eigenvalue weighted by Crippen LogP contribution is 2.34. The maximum absolute atomic E-state index is 12.5. The maximum Gasteiger partial charge on any atom is 0.393 e. The molecule has 0 amide bonds. The number of hydrogen-bond donors (Lipinski definition) is 1. The van der Waals surface area contributed by atoms with Crippen molar-refractivity contribution < 1.29 is 18.3 Å². The summed E-state index contributed by atoms with van der Waals surface area (Å²) in [6, 6.07) is 3.34. The van der Waals surface area contributed by atoms with E-state index in [2.05, 4.69) is 4.98 Å². The lowest BCUT2D eigenvalue weighted by atomic mass is 10.1. The first-order valence-electron chi connectivity index (χ1n) is 5.83. The van der Waals surface area contributed by atoms with Crippen molar-refractivity contribution >= 4 is 5.82 Å². The van der Waals surface area contributed by atoms with Gasteiger partial charge in [-0.1, -0.05) is 6.07 Å². The quantitative estimate of drug-likeness (QED) is 0.887. The lowest BCUT2D eigenvalue weighted by molar-refractivity contribution is -0.168. The van der Waals surface area contributed by atoms with Gasteiger partial charge in [-0.2, -0.15) is 13.2 Å². The van der Waals surface area contributed by atoms with Gasteiger partial charge >= 0.3 is 6.18 Å². The van der Waals surface area contributed by atoms with E-state index in [0.717, 1.165) is 0 Å². The standard InChI is InChI=1S/C12H15F3N2O/c1-8(18)9-2-3-11(16-6-9)17-5-4-10(7-17)12(13,14)15/h2-3,6,8,10,18H,4-5,7H2,1H3/t8-,10?/m1/s1. The number of aromatic nitrogens is 1. The van der Waals surface area contributed by atoms with Crippen LogP contribution in [0.3, 0.4) is 0 Å². The zero-order valence-electron chi connectivity index (χ0n) is 9.98. The van der Waals surface area contributed by atoms with Gasteiger partial charge in [-0.15, -0.1) is 0 Å². The molecule has 2 rings (SSSR count). The lowest BCUT2D eigenvalue weighted by Crippen LogP contribution is -2.27. The molecule has 0 spiro atoms. The Balaban J connectivity index is 2.05. The second-order valence-electron chi connectivity index (χ2n) is 4.60. The van der Waals surface area contributed by atoms with Crippen molar-refractivity contribution in [2.24, 2.45) is 5.92 Å². The molecule has 0 saturated carbocycles. The zero-order chi connectivity index (χ0) is 13.3. The van der Waals surface area contributed by atoms with E-state index in [-0.39, 0.29) is 13.0 Å². The first-order chi connectivity index (χ1) is 8.38. The number of rotatable bonds is 2. The molecule has 0 aliphatic carbocycles. The van der Waals surface area contributed by atoms with Crippen LogP contribution in [0.4, 0.5) is 19.0 Å². The Morgan fingerprint density at radius 3 is 2.61 bits per heavy atom. The Labute approximate surface area is 103 Å². The average Bonchev–Trinajstić information content (AvgIpc) is 2.78. The van der Waals surface area contributed by atoms with Crippen LogP contribution in [0.5, 0.6) is 0 Å². The minimum absolute atomic E-state index is 0.0372. The number of nitrogens with zero attached hydrogens (tertiary/aromatic N) is 2. The molecule has 1 aliphatic heterocycles. The van der Waals surface area contributed by atoms with Crippen molar-refractivity contribution in [3.05, 3.63) is 23.9 Å². The second kappa shape index (κ2) is 4.76. The lowest BCUT2D eigenvalue weighted by Gasteiger charge is -2.19. The van der Waals surface area contributed by atoms with E-state index in [1.165, 1.54) is 6.20 Å². The maximum atomic E-state index is 12.5. The molecule has 0 bridgehead atoms. The van der Waals surface area contributed by atoms with Gasteiger partial charge in [0.15, 0.2) is 0 Å². The molecule has 18 heavy (non-hydrogen) atoms. The highest BCUT2D eigenvalue weighted by Gasteiger charge is 2.43. The Morgan fingerprint density at radius 2 is 2.17 bits per heavy atom. The third-order valence-corrected chi connectivity index (χ3v) is 3.23. The molecule has 0 radical (unpaired) electrons. The van der Waals surface area contributed by atoms with Crippen LogP contribution in [0, 0.1) is 5.92 Å². The summed E-state index contributed by atoms with van der Waals surface area (Å²) in [5.74, 6) is -0.734. The number of pyridine rings is 1. The number of alkyl halides is 3. The molecular formula is C12H15F3N2O. The van der Waals surface area contributed by atoms with Gasteiger partial charge in [0.1, 0.15) is 5.82 Å². The van der Waals surface area contributed by atoms with Gasteiger partial charge in [-0.05, 0) is 25.0 Å². The number of hydrogen-bond acceptors (Lipinski definition) is 3. The third kappa shape index (κ3) is 2.75. The van der Waals surface area contributed by atoms with Crippen molar-refractivity contribution in [2.75, 3.05) is 18.0 Å². The summed E-state index contributed by atoms with van der Waals surface area (Å²) < 4.78 is 37.6. The van der Waals surface area contributed by atoms with Crippen LogP contribution < -0.4 is 4.90 Å². The molecule has 1 saturated heterocycles. The molecule has 1 aromatic rings. The SMILES string of the molecule is C[C@@H](O)c1ccc(N2CCC(C(F)(F)F)C2)nc1. The molecular weight excluding hydrogens is 245 g/mol. The summed E-state index contributed by atoms with van der Waals surface area (Å²) in [6.45, 7) is 1.95. The van der Waals surface area contributed by atoms with Gasteiger partial charge in [-0.3, -0.25) is 0 Å². The van der Waals surface area contributed by atoms with E-state index >= 15 is 0 Å². The summed E-state index contributed by atoms with van der Waals surface area (Å²) in [5.41, 5.74) is 0.658. The van der Waals surface area contributed by atoms with Crippen molar-refractivity contribution in [1.82, 2.24) is 4.98 Å². The van der Waals surface area contributed by atoms with Crippen LogP contribution in [0.25, 0.3) is 0 Å². The summed E-state index contributed by atoms with van der Waals surface area (Å²) in [7, 11) is 0. The van der Waals surface area contributed by atoms with Crippen molar-refractivity contribution in [2.45, 2.75) is 25.6 Å². The van der Waals surface area contributed by atoms with Crippen molar-refractivity contribution in [1.29, 1.82) is 0 Å². The van der Waals surface area contributed by atoms with Gasteiger partial charge in [0, 0.05) is 19.3 Å². The van der Waals surface area contributed by atoms with Gasteiger partial charge in [0.25, 0.3) is 0 Å². The number of aliphatic hydroxyl groups excluding tert-OH is 1. The molecule has 1 fully saturated rings. The molecule has 2 atom stereocenters. The monoisotopic (exact) mass is 260 g/mol. The molecule has 2 heterocycles. The first-order valence-corrected chi connectivity index (χ1v) is 5.83. The van der Waals surface area contributed by atoms with Crippen LogP contribution >= 0.6 is 0 Å². The smallest absolute Gasteiger partial charge is 0.389 e. The van der Waals surface area contributed by atoms with E-state index in [4.69, 9.17) is 0 Å². The largest absolute Gasteiger partial charge is 0.393 e. The van der Waals surface area contributed by atoms with Gasteiger partial charge in [0.05, 0.1) is 12.0 Å². The van der Waals surface area contributed by atoms with E-state index in [1.807, 2.05) is 0 Å². The molecule has 1 unspecified atom stereocenters. The topological polar surface area (TPSA) is 36.4 Å². The summed E-state index contributed by atoms with van der Waals surface area (Å²) >= 11 is 0. The zero-order valence-corrected chi connectivity index (χ0v) is 9.98. The first kappa shape index (κ1) is 13.1. The predicted octanol–water partition coefficient (Wildman–Crippen LogP) is 2.52. The summed E-state index contributed by atoms with van der Waals surface area (Å²) in [5, 5.41) is 9.33. The highest BCUT2D eigenvalue weighted by atomic mass is 19.4. The molecule has 6 heteroatoms. The van der Waals surface area contributed by atoms with Gasteiger partial charge in [0.2, 0.25) is 0 Å². The van der Waals surface area contributed by atoms with Crippen LogP contribution in [0.2, 0.25) is 0 Å². The minimum Gasteiger partial charge on any atom is -0.389 e. The Morgan fingerprint density at radius 1 is 1.44 bits per heavy atom. The van der Waals surface area contributed by atoms with Crippen LogP contribution in [-0.4, -0.2) is 29.4 Å². The molecule has 1 aromatic heterocycles. The van der Waals surface area contributed by atoms with E-state index < -0.39 is 18.2 Å².